The number of rotatable bonds is 8. The van der Waals surface area contributed by atoms with Crippen LogP contribution in [0.25, 0.3) is 0 Å². The second-order valence-electron chi connectivity index (χ2n) is 5.95. The van der Waals surface area contributed by atoms with Gasteiger partial charge in [0.05, 0.1) is 5.01 Å². The highest BCUT2D eigenvalue weighted by Crippen LogP contribution is 2.32. The van der Waals surface area contributed by atoms with Crippen LogP contribution < -0.4 is 20.1 Å². The van der Waals surface area contributed by atoms with Gasteiger partial charge in [0.1, 0.15) is 0 Å². The molecule has 2 heterocycles. The van der Waals surface area contributed by atoms with Crippen molar-refractivity contribution in [2.75, 3.05) is 26.4 Å². The summed E-state index contributed by atoms with van der Waals surface area (Å²) in [7, 11) is 0. The van der Waals surface area contributed by atoms with E-state index in [4.69, 9.17) is 9.47 Å². The van der Waals surface area contributed by atoms with Gasteiger partial charge >= 0.3 is 0 Å². The molecule has 0 radical (unpaired) electrons. The van der Waals surface area contributed by atoms with Crippen molar-refractivity contribution in [2.24, 2.45) is 4.99 Å². The van der Waals surface area contributed by atoms with E-state index in [0.717, 1.165) is 61.4 Å². The Hall–Kier alpha value is -2.28. The molecule has 0 amide bonds. The van der Waals surface area contributed by atoms with E-state index in [1.807, 2.05) is 18.3 Å². The molecule has 26 heavy (non-hydrogen) atoms. The third-order valence-corrected chi connectivity index (χ3v) is 5.23. The number of nitrogens with one attached hydrogen (secondary N) is 2. The Kier molecular flexibility index (Phi) is 6.71. The fourth-order valence-electron chi connectivity index (χ4n) is 2.65. The average molecular weight is 375 g/mol. The SMILES string of the molecule is CCNC(=NCCc1ncc(CC)s1)NCCc1ccc2c(c1)OCO2. The molecule has 0 fully saturated rings. The minimum atomic E-state index is 0.313. The minimum absolute atomic E-state index is 0.313. The topological polar surface area (TPSA) is 67.8 Å². The summed E-state index contributed by atoms with van der Waals surface area (Å²) in [6, 6.07) is 6.09. The molecule has 0 spiro atoms. The van der Waals surface area contributed by atoms with Crippen molar-refractivity contribution in [1.82, 2.24) is 15.6 Å². The summed E-state index contributed by atoms with van der Waals surface area (Å²) in [4.78, 5) is 10.4. The van der Waals surface area contributed by atoms with Gasteiger partial charge in [0.15, 0.2) is 17.5 Å². The van der Waals surface area contributed by atoms with E-state index < -0.39 is 0 Å². The summed E-state index contributed by atoms with van der Waals surface area (Å²) in [6.07, 6.45) is 4.79. The molecular formula is C19H26N4O2S. The summed E-state index contributed by atoms with van der Waals surface area (Å²) in [5.74, 6) is 2.50. The molecule has 0 bridgehead atoms. The Balaban J connectivity index is 1.46. The number of guanidine groups is 1. The molecule has 0 unspecified atom stereocenters. The monoisotopic (exact) mass is 374 g/mol. The van der Waals surface area contributed by atoms with Crippen molar-refractivity contribution < 1.29 is 9.47 Å². The Morgan fingerprint density at radius 3 is 2.88 bits per heavy atom. The second kappa shape index (κ2) is 9.43. The highest BCUT2D eigenvalue weighted by molar-refractivity contribution is 7.11. The smallest absolute Gasteiger partial charge is 0.231 e. The number of hydrogen-bond donors (Lipinski definition) is 2. The van der Waals surface area contributed by atoms with Crippen LogP contribution in [0.3, 0.4) is 0 Å². The summed E-state index contributed by atoms with van der Waals surface area (Å²) < 4.78 is 10.8. The van der Waals surface area contributed by atoms with Crippen LogP contribution in [0.4, 0.5) is 0 Å². The zero-order valence-electron chi connectivity index (χ0n) is 15.4. The number of aliphatic imine (C=N–C) groups is 1. The van der Waals surface area contributed by atoms with Crippen LogP contribution in [0.2, 0.25) is 0 Å². The first-order valence-corrected chi connectivity index (χ1v) is 9.94. The van der Waals surface area contributed by atoms with Gasteiger partial charge in [-0.3, -0.25) is 4.99 Å². The first-order chi connectivity index (χ1) is 12.8. The lowest BCUT2D eigenvalue weighted by molar-refractivity contribution is 0.174. The molecule has 2 aromatic rings. The lowest BCUT2D eigenvalue weighted by atomic mass is 10.1. The molecule has 1 aromatic heterocycles. The third kappa shape index (κ3) is 5.11. The quantitative estimate of drug-likeness (QED) is 0.549. The first kappa shape index (κ1) is 18.5. The number of fused-ring (bicyclic) bond motifs is 1. The van der Waals surface area contributed by atoms with Gasteiger partial charge in [-0.1, -0.05) is 13.0 Å². The maximum Gasteiger partial charge on any atom is 0.231 e. The van der Waals surface area contributed by atoms with Crippen molar-refractivity contribution in [2.45, 2.75) is 33.1 Å². The van der Waals surface area contributed by atoms with Gasteiger partial charge in [0, 0.05) is 37.1 Å². The van der Waals surface area contributed by atoms with Crippen molar-refractivity contribution in [3.8, 4) is 11.5 Å². The molecule has 0 saturated heterocycles. The molecular weight excluding hydrogens is 348 g/mol. The summed E-state index contributed by atoms with van der Waals surface area (Å²) in [5, 5.41) is 7.83. The number of ether oxygens (including phenoxy) is 2. The number of aryl methyl sites for hydroxylation is 1. The molecule has 0 aliphatic carbocycles. The highest BCUT2D eigenvalue weighted by atomic mass is 32.1. The molecule has 1 aromatic carbocycles. The van der Waals surface area contributed by atoms with Crippen molar-refractivity contribution in [3.05, 3.63) is 39.8 Å². The second-order valence-corrected chi connectivity index (χ2v) is 7.15. The molecule has 140 valence electrons. The van der Waals surface area contributed by atoms with Crippen LogP contribution in [0, 0.1) is 0 Å². The van der Waals surface area contributed by atoms with Crippen LogP contribution >= 0.6 is 11.3 Å². The Labute approximate surface area is 158 Å². The van der Waals surface area contributed by atoms with Crippen molar-refractivity contribution in [3.63, 3.8) is 0 Å². The maximum atomic E-state index is 5.43. The largest absolute Gasteiger partial charge is 0.454 e. The molecule has 7 heteroatoms. The summed E-state index contributed by atoms with van der Waals surface area (Å²) >= 11 is 1.78. The third-order valence-electron chi connectivity index (χ3n) is 4.03. The molecule has 1 aliphatic rings. The Morgan fingerprint density at radius 2 is 2.08 bits per heavy atom. The van der Waals surface area contributed by atoms with Crippen LogP contribution in [0.15, 0.2) is 29.4 Å². The predicted octanol–water partition coefficient (Wildman–Crippen LogP) is 2.77. The number of hydrogen-bond acceptors (Lipinski definition) is 5. The Bertz CT molecular complexity index is 745. The zero-order chi connectivity index (χ0) is 18.2. The lowest BCUT2D eigenvalue weighted by Crippen LogP contribution is -2.38. The fourth-order valence-corrected chi connectivity index (χ4v) is 3.51. The normalized spacial score (nSPS) is 13.1. The molecule has 1 aliphatic heterocycles. The van der Waals surface area contributed by atoms with E-state index in [1.54, 1.807) is 11.3 Å². The van der Waals surface area contributed by atoms with Crippen LogP contribution in [-0.2, 0) is 19.3 Å². The molecule has 0 atom stereocenters. The van der Waals surface area contributed by atoms with Gasteiger partial charge in [-0.05, 0) is 37.5 Å². The van der Waals surface area contributed by atoms with Crippen molar-refractivity contribution in [1.29, 1.82) is 0 Å². The number of benzene rings is 1. The average Bonchev–Trinajstić information content (AvgIpc) is 3.30. The van der Waals surface area contributed by atoms with Gasteiger partial charge in [0.2, 0.25) is 6.79 Å². The highest BCUT2D eigenvalue weighted by Gasteiger charge is 2.12. The molecule has 0 saturated carbocycles. The van der Waals surface area contributed by atoms with Gasteiger partial charge in [-0.15, -0.1) is 11.3 Å². The van der Waals surface area contributed by atoms with Crippen LogP contribution in [0.5, 0.6) is 11.5 Å². The van der Waals surface area contributed by atoms with Gasteiger partial charge in [0.25, 0.3) is 0 Å². The van der Waals surface area contributed by atoms with E-state index in [1.165, 1.54) is 10.4 Å². The zero-order valence-corrected chi connectivity index (χ0v) is 16.2. The van der Waals surface area contributed by atoms with E-state index in [-0.39, 0.29) is 0 Å². The maximum absolute atomic E-state index is 5.43. The van der Waals surface area contributed by atoms with E-state index in [0.29, 0.717) is 6.79 Å². The van der Waals surface area contributed by atoms with E-state index >= 15 is 0 Å². The van der Waals surface area contributed by atoms with Gasteiger partial charge < -0.3 is 20.1 Å². The molecule has 3 rings (SSSR count). The van der Waals surface area contributed by atoms with E-state index in [9.17, 15) is 0 Å². The molecule has 2 N–H and O–H groups in total. The fraction of sp³-hybridized carbons (Fsp3) is 0.474. The minimum Gasteiger partial charge on any atom is -0.454 e. The van der Waals surface area contributed by atoms with E-state index in [2.05, 4.69) is 40.5 Å². The Morgan fingerprint density at radius 1 is 1.19 bits per heavy atom. The van der Waals surface area contributed by atoms with Crippen molar-refractivity contribution >= 4 is 17.3 Å². The van der Waals surface area contributed by atoms with Gasteiger partial charge in [-0.25, -0.2) is 4.98 Å². The summed E-state index contributed by atoms with van der Waals surface area (Å²) in [5.41, 5.74) is 1.22. The molecule has 6 nitrogen and oxygen atoms in total. The summed E-state index contributed by atoms with van der Waals surface area (Å²) in [6.45, 7) is 6.92. The number of aromatic nitrogens is 1. The van der Waals surface area contributed by atoms with Gasteiger partial charge in [-0.2, -0.15) is 0 Å². The number of thiazole rings is 1. The standard InChI is InChI=1S/C19H26N4O2S/c1-3-15-12-23-18(26-15)8-10-22-19(20-4-2)21-9-7-14-5-6-16-17(11-14)25-13-24-16/h5-6,11-12H,3-4,7-10,13H2,1-2H3,(H2,20,21,22). The van der Waals surface area contributed by atoms with Crippen LogP contribution in [-0.4, -0.2) is 37.4 Å². The first-order valence-electron chi connectivity index (χ1n) is 9.12. The van der Waals surface area contributed by atoms with Crippen LogP contribution in [0.1, 0.15) is 29.3 Å². The predicted molar refractivity (Wildman–Crippen MR) is 105 cm³/mol. The number of nitrogens with zero attached hydrogens (tertiary/aromatic N) is 2. The lowest BCUT2D eigenvalue weighted by Gasteiger charge is -2.11.